The van der Waals surface area contributed by atoms with E-state index in [1.165, 1.54) is 18.7 Å². The van der Waals surface area contributed by atoms with Crippen LogP contribution in [0, 0.1) is 17.1 Å². The number of imidazole rings is 2. The SMILES string of the molecule is N#Cc1c(F)ccc2nc(CNc3ncnc4nc[nH]c34)n(-c3ccccn3)c12. The molecule has 140 valence electrons. The molecule has 1 aromatic carbocycles. The Morgan fingerprint density at radius 2 is 2.07 bits per heavy atom. The molecule has 0 bridgehead atoms. The fourth-order valence-corrected chi connectivity index (χ4v) is 3.21. The molecule has 0 saturated carbocycles. The monoisotopic (exact) mass is 385 g/mol. The van der Waals surface area contributed by atoms with Crippen molar-refractivity contribution in [3.05, 3.63) is 66.4 Å². The lowest BCUT2D eigenvalue weighted by Crippen LogP contribution is -2.10. The third-order valence-electron chi connectivity index (χ3n) is 4.46. The zero-order chi connectivity index (χ0) is 19.8. The van der Waals surface area contributed by atoms with Crippen LogP contribution in [0.2, 0.25) is 0 Å². The number of rotatable bonds is 4. The molecule has 0 aliphatic carbocycles. The Morgan fingerprint density at radius 1 is 1.14 bits per heavy atom. The van der Waals surface area contributed by atoms with E-state index in [1.807, 2.05) is 12.1 Å². The molecule has 0 saturated heterocycles. The first-order valence-corrected chi connectivity index (χ1v) is 8.65. The van der Waals surface area contributed by atoms with Crippen molar-refractivity contribution in [1.82, 2.24) is 34.5 Å². The van der Waals surface area contributed by atoms with Crippen LogP contribution in [-0.2, 0) is 6.54 Å². The molecule has 29 heavy (non-hydrogen) atoms. The number of fused-ring (bicyclic) bond motifs is 2. The first kappa shape index (κ1) is 16.8. The Bertz CT molecular complexity index is 1380. The summed E-state index contributed by atoms with van der Waals surface area (Å²) in [6, 6.07) is 10.1. The van der Waals surface area contributed by atoms with Crippen LogP contribution in [0.5, 0.6) is 0 Å². The van der Waals surface area contributed by atoms with Gasteiger partial charge in [-0.15, -0.1) is 0 Å². The first-order chi connectivity index (χ1) is 14.3. The number of nitrogens with zero attached hydrogens (tertiary/aromatic N) is 7. The maximum absolute atomic E-state index is 14.3. The van der Waals surface area contributed by atoms with Gasteiger partial charge in [0.1, 0.15) is 40.9 Å². The third-order valence-corrected chi connectivity index (χ3v) is 4.46. The Labute approximate surface area is 162 Å². The number of halogens is 1. The standard InChI is InChI=1S/C19H12FN9/c20-12-4-5-13-17(11(12)7-21)29(14-3-1-2-6-22-14)15(28-13)8-23-18-16-19(25-9-24-16)27-10-26-18/h1-6,9-10H,8H2,(H2,23,24,25,26,27). The zero-order valence-corrected chi connectivity index (χ0v) is 14.8. The first-order valence-electron chi connectivity index (χ1n) is 8.65. The Hall–Kier alpha value is -4.39. The summed E-state index contributed by atoms with van der Waals surface area (Å²) in [6.07, 6.45) is 4.58. The van der Waals surface area contributed by atoms with Crippen LogP contribution in [0.4, 0.5) is 10.2 Å². The van der Waals surface area contributed by atoms with Crippen molar-refractivity contribution in [1.29, 1.82) is 5.26 Å². The minimum atomic E-state index is -0.605. The van der Waals surface area contributed by atoms with Crippen molar-refractivity contribution in [2.24, 2.45) is 0 Å². The number of hydrogen-bond acceptors (Lipinski definition) is 7. The molecule has 0 amide bonds. The maximum Gasteiger partial charge on any atom is 0.182 e. The van der Waals surface area contributed by atoms with Crippen LogP contribution < -0.4 is 5.32 Å². The van der Waals surface area contributed by atoms with Gasteiger partial charge in [-0.3, -0.25) is 4.57 Å². The number of aromatic nitrogens is 7. The topological polar surface area (TPSA) is 121 Å². The molecule has 0 fully saturated rings. The molecular weight excluding hydrogens is 373 g/mol. The lowest BCUT2D eigenvalue weighted by atomic mass is 10.2. The van der Waals surface area contributed by atoms with Gasteiger partial charge in [0.25, 0.3) is 0 Å². The molecule has 4 aromatic heterocycles. The molecule has 0 spiro atoms. The summed E-state index contributed by atoms with van der Waals surface area (Å²) in [7, 11) is 0. The van der Waals surface area contributed by atoms with Crippen molar-refractivity contribution < 1.29 is 4.39 Å². The molecule has 5 rings (SSSR count). The molecule has 0 radical (unpaired) electrons. The number of aromatic amines is 1. The van der Waals surface area contributed by atoms with E-state index < -0.39 is 5.82 Å². The number of anilines is 1. The summed E-state index contributed by atoms with van der Waals surface area (Å²) in [6.45, 7) is 0.253. The number of H-pyrrole nitrogens is 1. The fraction of sp³-hybridized carbons (Fsp3) is 0.0526. The lowest BCUT2D eigenvalue weighted by Gasteiger charge is -2.10. The van der Waals surface area contributed by atoms with Gasteiger partial charge in [-0.2, -0.15) is 5.26 Å². The largest absolute Gasteiger partial charge is 0.361 e. The van der Waals surface area contributed by atoms with Crippen LogP contribution in [0.25, 0.3) is 28.0 Å². The van der Waals surface area contributed by atoms with Crippen LogP contribution in [0.15, 0.2) is 49.2 Å². The van der Waals surface area contributed by atoms with Gasteiger partial charge in [0, 0.05) is 6.20 Å². The van der Waals surface area contributed by atoms with E-state index in [2.05, 4.69) is 35.2 Å². The molecule has 0 aliphatic rings. The van der Waals surface area contributed by atoms with Gasteiger partial charge in [-0.25, -0.2) is 29.3 Å². The minimum Gasteiger partial charge on any atom is -0.361 e. The summed E-state index contributed by atoms with van der Waals surface area (Å²) in [5.41, 5.74) is 1.99. The zero-order valence-electron chi connectivity index (χ0n) is 14.8. The smallest absolute Gasteiger partial charge is 0.182 e. The van der Waals surface area contributed by atoms with Crippen LogP contribution in [0.1, 0.15) is 11.4 Å². The second kappa shape index (κ2) is 6.65. The molecule has 5 aromatic rings. The van der Waals surface area contributed by atoms with Crippen molar-refractivity contribution in [2.75, 3.05) is 5.32 Å². The number of hydrogen-bond donors (Lipinski definition) is 2. The maximum atomic E-state index is 14.3. The highest BCUT2D eigenvalue weighted by Gasteiger charge is 2.19. The molecule has 0 aliphatic heterocycles. The van der Waals surface area contributed by atoms with E-state index >= 15 is 0 Å². The van der Waals surface area contributed by atoms with E-state index in [0.717, 1.165) is 0 Å². The highest BCUT2D eigenvalue weighted by atomic mass is 19.1. The summed E-state index contributed by atoms with van der Waals surface area (Å²) >= 11 is 0. The van der Waals surface area contributed by atoms with Gasteiger partial charge in [0.15, 0.2) is 11.5 Å². The molecule has 4 heterocycles. The molecule has 0 unspecified atom stereocenters. The number of nitriles is 1. The molecule has 2 N–H and O–H groups in total. The molecule has 0 atom stereocenters. The van der Waals surface area contributed by atoms with Crippen LogP contribution >= 0.6 is 0 Å². The number of nitrogens with one attached hydrogen (secondary N) is 2. The van der Waals surface area contributed by atoms with Gasteiger partial charge in [0.2, 0.25) is 0 Å². The number of pyridine rings is 1. The molecular formula is C19H12FN9. The van der Waals surface area contributed by atoms with E-state index in [-0.39, 0.29) is 12.1 Å². The summed E-state index contributed by atoms with van der Waals surface area (Å²) in [4.78, 5) is 24.4. The van der Waals surface area contributed by atoms with Gasteiger partial charge in [-0.05, 0) is 24.3 Å². The summed E-state index contributed by atoms with van der Waals surface area (Å²) in [5, 5.41) is 12.7. The predicted octanol–water partition coefficient (Wildman–Crippen LogP) is 2.71. The Kier molecular flexibility index (Phi) is 3.84. The highest BCUT2D eigenvalue weighted by Crippen LogP contribution is 2.26. The van der Waals surface area contributed by atoms with E-state index in [9.17, 15) is 9.65 Å². The lowest BCUT2D eigenvalue weighted by molar-refractivity contribution is 0.625. The van der Waals surface area contributed by atoms with Crippen LogP contribution in [0.3, 0.4) is 0 Å². The third kappa shape index (κ3) is 2.72. The average Bonchev–Trinajstić information content (AvgIpc) is 3.37. The average molecular weight is 385 g/mol. The second-order valence-corrected chi connectivity index (χ2v) is 6.13. The van der Waals surface area contributed by atoms with Gasteiger partial charge in [-0.1, -0.05) is 6.07 Å². The van der Waals surface area contributed by atoms with Crippen LogP contribution in [-0.4, -0.2) is 34.5 Å². The van der Waals surface area contributed by atoms with Crippen molar-refractivity contribution in [3.8, 4) is 11.9 Å². The van der Waals surface area contributed by atoms with Gasteiger partial charge >= 0.3 is 0 Å². The molecule has 9 nitrogen and oxygen atoms in total. The van der Waals surface area contributed by atoms with Gasteiger partial charge in [0.05, 0.1) is 23.9 Å². The van der Waals surface area contributed by atoms with Crippen molar-refractivity contribution >= 4 is 28.0 Å². The summed E-state index contributed by atoms with van der Waals surface area (Å²) < 4.78 is 16.0. The van der Waals surface area contributed by atoms with Crippen molar-refractivity contribution in [3.63, 3.8) is 0 Å². The predicted molar refractivity (Wildman–Crippen MR) is 103 cm³/mol. The van der Waals surface area contributed by atoms with E-state index in [4.69, 9.17) is 0 Å². The number of benzene rings is 1. The quantitative estimate of drug-likeness (QED) is 0.488. The van der Waals surface area contributed by atoms with E-state index in [1.54, 1.807) is 29.0 Å². The van der Waals surface area contributed by atoms with E-state index in [0.29, 0.717) is 39.7 Å². The Morgan fingerprint density at radius 3 is 2.90 bits per heavy atom. The Balaban J connectivity index is 1.66. The fourth-order valence-electron chi connectivity index (χ4n) is 3.21. The van der Waals surface area contributed by atoms with Gasteiger partial charge < -0.3 is 10.3 Å². The summed E-state index contributed by atoms with van der Waals surface area (Å²) in [5.74, 6) is 1.03. The highest BCUT2D eigenvalue weighted by molar-refractivity contribution is 5.85. The van der Waals surface area contributed by atoms with Crippen molar-refractivity contribution in [2.45, 2.75) is 6.54 Å². The normalized spacial score (nSPS) is 11.0. The molecule has 10 heteroatoms. The minimum absolute atomic E-state index is 0.0788. The second-order valence-electron chi connectivity index (χ2n) is 6.13.